The van der Waals surface area contributed by atoms with Crippen molar-refractivity contribution in [2.45, 2.75) is 19.3 Å². The van der Waals surface area contributed by atoms with Crippen LogP contribution in [0.25, 0.3) is 0 Å². The van der Waals surface area contributed by atoms with E-state index < -0.39 is 0 Å². The molecule has 2 bridgehead atoms. The van der Waals surface area contributed by atoms with E-state index >= 15 is 0 Å². The third kappa shape index (κ3) is 2.54. The fourth-order valence-electron chi connectivity index (χ4n) is 3.92. The number of hydrogen-bond donors (Lipinski definition) is 1. The predicted molar refractivity (Wildman–Crippen MR) is 78.3 cm³/mol. The molecule has 0 radical (unpaired) electrons. The Bertz CT molecular complexity index is 474. The molecule has 2 aliphatic carbocycles. The normalized spacial score (nSPS) is 36.0. The maximum absolute atomic E-state index is 11.9. The van der Waals surface area contributed by atoms with Crippen LogP contribution in [0.2, 0.25) is 0 Å². The number of amides is 2. The zero-order chi connectivity index (χ0) is 15.0. The Balaban J connectivity index is 1.58. The van der Waals surface area contributed by atoms with E-state index in [-0.39, 0.29) is 47.4 Å². The number of nitrogens with one attached hydrogen (secondary N) is 1. The Hall–Kier alpha value is -1.17. The fourth-order valence-corrected chi connectivity index (χ4v) is 4.32. The second kappa shape index (κ2) is 5.91. The van der Waals surface area contributed by atoms with Gasteiger partial charge in [0.25, 0.3) is 0 Å². The van der Waals surface area contributed by atoms with Crippen LogP contribution in [-0.4, -0.2) is 29.7 Å². The molecule has 0 aromatic heterocycles. The van der Waals surface area contributed by atoms with Gasteiger partial charge in [0, 0.05) is 11.8 Å². The first-order valence-corrected chi connectivity index (χ1v) is 8.50. The van der Waals surface area contributed by atoms with Gasteiger partial charge in [-0.2, -0.15) is 0 Å². The molecule has 5 atom stereocenters. The number of carbonyl (C=O) groups is 3. The summed E-state index contributed by atoms with van der Waals surface area (Å²) >= 11 is 3.33. The van der Waals surface area contributed by atoms with Crippen molar-refractivity contribution in [3.8, 4) is 0 Å². The zero-order valence-electron chi connectivity index (χ0n) is 11.6. The number of halogens is 1. The molecule has 2 amide bonds. The summed E-state index contributed by atoms with van der Waals surface area (Å²) in [4.78, 5) is 35.6. The van der Waals surface area contributed by atoms with Gasteiger partial charge in [-0.15, -0.1) is 0 Å². The van der Waals surface area contributed by atoms with Crippen LogP contribution < -0.4 is 5.32 Å². The molecule has 1 saturated carbocycles. The van der Waals surface area contributed by atoms with Gasteiger partial charge < -0.3 is 4.74 Å². The van der Waals surface area contributed by atoms with Crippen LogP contribution in [0, 0.1) is 29.6 Å². The maximum Gasteiger partial charge on any atom is 0.306 e. The second-order valence-electron chi connectivity index (χ2n) is 5.93. The van der Waals surface area contributed by atoms with Crippen LogP contribution in [-0.2, 0) is 19.1 Å². The highest BCUT2D eigenvalue weighted by atomic mass is 79.9. The lowest BCUT2D eigenvalue weighted by atomic mass is 9.85. The van der Waals surface area contributed by atoms with E-state index in [0.717, 1.165) is 18.2 Å². The van der Waals surface area contributed by atoms with Crippen LogP contribution >= 0.6 is 15.9 Å². The van der Waals surface area contributed by atoms with Crippen molar-refractivity contribution in [2.75, 3.05) is 11.9 Å². The smallest absolute Gasteiger partial charge is 0.306 e. The van der Waals surface area contributed by atoms with Crippen LogP contribution in [0.15, 0.2) is 12.2 Å². The van der Waals surface area contributed by atoms with Gasteiger partial charge in [0.2, 0.25) is 11.8 Å². The number of esters is 1. The van der Waals surface area contributed by atoms with E-state index in [9.17, 15) is 14.4 Å². The van der Waals surface area contributed by atoms with Crippen LogP contribution in [0.4, 0.5) is 0 Å². The van der Waals surface area contributed by atoms with Crippen molar-refractivity contribution in [3.05, 3.63) is 12.2 Å². The molecular formula is C15H18BrNO4. The molecular weight excluding hydrogens is 338 g/mol. The van der Waals surface area contributed by atoms with Gasteiger partial charge in [-0.1, -0.05) is 28.1 Å². The first-order valence-electron chi connectivity index (χ1n) is 7.38. The standard InChI is InChI=1S/C15H18BrNO4/c16-5-1-2-6-21-11(18)7-10-8-3-4-9(10)13-12(8)14(19)17-15(13)20/h3-4,8-10,12-13H,1-2,5-7H2,(H,17,19,20)/t8-,9+,10?,12-,13+. The van der Waals surface area contributed by atoms with E-state index in [1.807, 2.05) is 12.2 Å². The molecule has 3 aliphatic rings. The third-order valence-corrected chi connectivity index (χ3v) is 5.37. The van der Waals surface area contributed by atoms with Crippen molar-refractivity contribution in [2.24, 2.45) is 29.6 Å². The maximum atomic E-state index is 11.9. The highest BCUT2D eigenvalue weighted by Gasteiger charge is 2.60. The molecule has 0 aromatic rings. The minimum absolute atomic E-state index is 0.00143. The summed E-state index contributed by atoms with van der Waals surface area (Å²) in [5.74, 6) is -1.10. The first kappa shape index (κ1) is 14.8. The Morgan fingerprint density at radius 2 is 1.76 bits per heavy atom. The van der Waals surface area contributed by atoms with Gasteiger partial charge in [-0.3, -0.25) is 19.7 Å². The van der Waals surface area contributed by atoms with Crippen molar-refractivity contribution in [3.63, 3.8) is 0 Å². The van der Waals surface area contributed by atoms with Crippen LogP contribution in [0.5, 0.6) is 0 Å². The molecule has 6 heteroatoms. The molecule has 0 aromatic carbocycles. The number of allylic oxidation sites excluding steroid dienone is 2. The van der Waals surface area contributed by atoms with Gasteiger partial charge in [0.15, 0.2) is 0 Å². The lowest BCUT2D eigenvalue weighted by molar-refractivity contribution is -0.145. The van der Waals surface area contributed by atoms with E-state index in [1.165, 1.54) is 0 Å². The number of carbonyl (C=O) groups excluding carboxylic acids is 3. The summed E-state index contributed by atoms with van der Waals surface area (Å²) in [5.41, 5.74) is 0. The summed E-state index contributed by atoms with van der Waals surface area (Å²) < 4.78 is 5.23. The van der Waals surface area contributed by atoms with Crippen LogP contribution in [0.3, 0.4) is 0 Å². The summed E-state index contributed by atoms with van der Waals surface area (Å²) in [6.07, 6.45) is 6.10. The molecule has 114 valence electrons. The lowest BCUT2D eigenvalue weighted by Gasteiger charge is -2.17. The van der Waals surface area contributed by atoms with Crippen molar-refractivity contribution in [1.29, 1.82) is 0 Å². The minimum Gasteiger partial charge on any atom is -0.466 e. The van der Waals surface area contributed by atoms with Crippen molar-refractivity contribution in [1.82, 2.24) is 5.32 Å². The summed E-state index contributed by atoms with van der Waals surface area (Å²) in [6, 6.07) is 0. The van der Waals surface area contributed by atoms with E-state index in [2.05, 4.69) is 21.2 Å². The number of imide groups is 1. The number of ether oxygens (including phenoxy) is 1. The van der Waals surface area contributed by atoms with Crippen molar-refractivity contribution >= 4 is 33.7 Å². The minimum atomic E-state index is -0.279. The summed E-state index contributed by atoms with van der Waals surface area (Å²) in [6.45, 7) is 0.437. The number of alkyl halides is 1. The Labute approximate surface area is 131 Å². The third-order valence-electron chi connectivity index (χ3n) is 4.81. The molecule has 5 nitrogen and oxygen atoms in total. The highest BCUT2D eigenvalue weighted by molar-refractivity contribution is 9.09. The zero-order valence-corrected chi connectivity index (χ0v) is 13.2. The van der Waals surface area contributed by atoms with Crippen LogP contribution in [0.1, 0.15) is 19.3 Å². The molecule has 1 aliphatic heterocycles. The Morgan fingerprint density at radius 1 is 1.14 bits per heavy atom. The lowest BCUT2D eigenvalue weighted by Crippen LogP contribution is -2.29. The Morgan fingerprint density at radius 3 is 2.33 bits per heavy atom. The predicted octanol–water partition coefficient (Wildman–Crippen LogP) is 1.42. The SMILES string of the molecule is O=C(CC1[C@H]2C=C[C@@H]1[C@@H]1C(=O)NC(=O)[C@@H]12)OCCCCBr. The number of rotatable bonds is 6. The molecule has 1 unspecified atom stereocenters. The average Bonchev–Trinajstić information content (AvgIpc) is 3.07. The number of hydrogen-bond acceptors (Lipinski definition) is 4. The fraction of sp³-hybridized carbons (Fsp3) is 0.667. The van der Waals surface area contributed by atoms with Crippen molar-refractivity contribution < 1.29 is 19.1 Å². The summed E-state index contributed by atoms with van der Waals surface area (Å²) in [5, 5.41) is 3.31. The Kier molecular flexibility index (Phi) is 4.15. The molecule has 1 N–H and O–H groups in total. The summed E-state index contributed by atoms with van der Waals surface area (Å²) in [7, 11) is 0. The monoisotopic (exact) mass is 355 g/mol. The molecule has 1 heterocycles. The van der Waals surface area contributed by atoms with E-state index in [1.54, 1.807) is 0 Å². The molecule has 21 heavy (non-hydrogen) atoms. The topological polar surface area (TPSA) is 72.5 Å². The van der Waals surface area contributed by atoms with Gasteiger partial charge in [0.05, 0.1) is 18.4 Å². The number of unbranched alkanes of at least 4 members (excludes halogenated alkanes) is 1. The average molecular weight is 356 g/mol. The molecule has 2 fully saturated rings. The number of fused-ring (bicyclic) bond motifs is 5. The molecule has 3 rings (SSSR count). The molecule has 0 spiro atoms. The van der Waals surface area contributed by atoms with Gasteiger partial charge in [-0.25, -0.2) is 0 Å². The van der Waals surface area contributed by atoms with E-state index in [0.29, 0.717) is 13.0 Å². The molecule has 1 saturated heterocycles. The quantitative estimate of drug-likeness (QED) is 0.257. The van der Waals surface area contributed by atoms with Gasteiger partial charge in [0.1, 0.15) is 0 Å². The van der Waals surface area contributed by atoms with E-state index in [4.69, 9.17) is 4.74 Å². The van der Waals surface area contributed by atoms with Gasteiger partial charge in [-0.05, 0) is 30.6 Å². The largest absolute Gasteiger partial charge is 0.466 e. The highest BCUT2D eigenvalue weighted by Crippen LogP contribution is 2.55. The van der Waals surface area contributed by atoms with Gasteiger partial charge >= 0.3 is 5.97 Å². The second-order valence-corrected chi connectivity index (χ2v) is 6.72. The first-order chi connectivity index (χ1) is 10.1.